The second-order valence-electron chi connectivity index (χ2n) is 1.46. The standard InChI is InChI=1S/C4H5N.C3H6O/c1-2-4-5-3-1;1-2-3-4/h1-5H;3H,2H2,1H3. The normalized spacial score (nSPS) is 7.22. The van der Waals surface area contributed by atoms with E-state index in [-0.39, 0.29) is 0 Å². The molecule has 0 aliphatic carbocycles. The van der Waals surface area contributed by atoms with Gasteiger partial charge in [0, 0.05) is 18.8 Å². The van der Waals surface area contributed by atoms with Crippen LogP contribution in [0.15, 0.2) is 24.5 Å². The Balaban J connectivity index is 0.000000148. The summed E-state index contributed by atoms with van der Waals surface area (Å²) in [5.41, 5.74) is 0. The molecule has 50 valence electrons. The molecule has 1 heterocycles. The van der Waals surface area contributed by atoms with Gasteiger partial charge in [-0.3, -0.25) is 0 Å². The van der Waals surface area contributed by atoms with Gasteiger partial charge in [-0.15, -0.1) is 0 Å². The lowest BCUT2D eigenvalue weighted by Gasteiger charge is -1.51. The summed E-state index contributed by atoms with van der Waals surface area (Å²) >= 11 is 0. The van der Waals surface area contributed by atoms with Gasteiger partial charge >= 0.3 is 0 Å². The van der Waals surface area contributed by atoms with E-state index in [2.05, 4.69) is 4.98 Å². The number of carbonyl (C=O) groups excluding carboxylic acids is 1. The Bertz CT molecular complexity index is 106. The number of aldehydes is 1. The molecule has 0 aliphatic rings. The maximum atomic E-state index is 9.17. The highest BCUT2D eigenvalue weighted by Crippen LogP contribution is 1.72. The molecule has 1 N–H and O–H groups in total. The molecule has 2 nitrogen and oxygen atoms in total. The number of H-pyrrole nitrogens is 1. The van der Waals surface area contributed by atoms with Crippen LogP contribution in [0.2, 0.25) is 0 Å². The second-order valence-corrected chi connectivity index (χ2v) is 1.46. The van der Waals surface area contributed by atoms with Crippen LogP contribution in [0.4, 0.5) is 0 Å². The summed E-state index contributed by atoms with van der Waals surface area (Å²) in [6.45, 7) is 1.81. The smallest absolute Gasteiger partial charge is 0.119 e. The first-order valence-electron chi connectivity index (χ1n) is 2.93. The number of nitrogens with one attached hydrogen (secondary N) is 1. The van der Waals surface area contributed by atoms with Gasteiger partial charge in [0.15, 0.2) is 0 Å². The van der Waals surface area contributed by atoms with Crippen LogP contribution in [0.1, 0.15) is 13.3 Å². The molecule has 0 fully saturated rings. The number of hydrogen-bond donors (Lipinski definition) is 1. The van der Waals surface area contributed by atoms with Crippen LogP contribution in [0.5, 0.6) is 0 Å². The fraction of sp³-hybridized carbons (Fsp3) is 0.286. The molecule has 1 aromatic heterocycles. The fourth-order valence-corrected chi connectivity index (χ4v) is 0.278. The van der Waals surface area contributed by atoms with Crippen molar-refractivity contribution in [2.45, 2.75) is 13.3 Å². The van der Waals surface area contributed by atoms with Crippen LogP contribution in [0.3, 0.4) is 0 Å². The highest BCUT2D eigenvalue weighted by atomic mass is 16.1. The van der Waals surface area contributed by atoms with Gasteiger partial charge in [-0.25, -0.2) is 0 Å². The van der Waals surface area contributed by atoms with Crippen LogP contribution < -0.4 is 0 Å². The Hall–Kier alpha value is -1.05. The molecule has 1 aromatic rings. The number of hydrogen-bond acceptors (Lipinski definition) is 1. The number of carbonyl (C=O) groups is 1. The van der Waals surface area contributed by atoms with E-state index in [1.54, 1.807) is 0 Å². The van der Waals surface area contributed by atoms with Crippen molar-refractivity contribution >= 4 is 6.29 Å². The average Bonchev–Trinajstić information content (AvgIpc) is 2.43. The van der Waals surface area contributed by atoms with E-state index in [4.69, 9.17) is 0 Å². The van der Waals surface area contributed by atoms with Gasteiger partial charge in [-0.1, -0.05) is 6.92 Å². The van der Waals surface area contributed by atoms with Crippen molar-refractivity contribution in [1.82, 2.24) is 4.98 Å². The van der Waals surface area contributed by atoms with Crippen molar-refractivity contribution in [3.05, 3.63) is 24.5 Å². The molecule has 0 amide bonds. The third-order valence-corrected chi connectivity index (χ3v) is 0.663. The van der Waals surface area contributed by atoms with Crippen LogP contribution in [-0.4, -0.2) is 11.3 Å². The van der Waals surface area contributed by atoms with Crippen LogP contribution in [0.25, 0.3) is 0 Å². The Morgan fingerprint density at radius 3 is 2.00 bits per heavy atom. The zero-order chi connectivity index (χ0) is 6.95. The zero-order valence-corrected chi connectivity index (χ0v) is 5.50. The topological polar surface area (TPSA) is 32.9 Å². The SMILES string of the molecule is CCC=O.c1cc[nH]c1. The van der Waals surface area contributed by atoms with Crippen molar-refractivity contribution in [3.8, 4) is 0 Å². The summed E-state index contributed by atoms with van der Waals surface area (Å²) in [4.78, 5) is 12.0. The monoisotopic (exact) mass is 125 g/mol. The largest absolute Gasteiger partial charge is 0.368 e. The summed E-state index contributed by atoms with van der Waals surface area (Å²) in [6.07, 6.45) is 5.26. The Morgan fingerprint density at radius 1 is 1.44 bits per heavy atom. The van der Waals surface area contributed by atoms with E-state index >= 15 is 0 Å². The van der Waals surface area contributed by atoms with Crippen molar-refractivity contribution in [1.29, 1.82) is 0 Å². The molecule has 0 saturated carbocycles. The lowest BCUT2D eigenvalue weighted by atomic mass is 10.6. The maximum Gasteiger partial charge on any atom is 0.119 e. The Kier molecular flexibility index (Phi) is 6.14. The summed E-state index contributed by atoms with van der Waals surface area (Å²) < 4.78 is 0. The van der Waals surface area contributed by atoms with Crippen molar-refractivity contribution in [2.24, 2.45) is 0 Å². The minimum absolute atomic E-state index is 0.639. The summed E-state index contributed by atoms with van der Waals surface area (Å²) in [5.74, 6) is 0. The molecule has 0 spiro atoms. The molecule has 0 aromatic carbocycles. The number of rotatable bonds is 1. The molecule has 0 unspecified atom stereocenters. The zero-order valence-electron chi connectivity index (χ0n) is 5.50. The van der Waals surface area contributed by atoms with Gasteiger partial charge in [-0.2, -0.15) is 0 Å². The number of aromatic amines is 1. The highest BCUT2D eigenvalue weighted by Gasteiger charge is 1.55. The number of aromatic nitrogens is 1. The third kappa shape index (κ3) is 6.95. The van der Waals surface area contributed by atoms with Gasteiger partial charge in [-0.05, 0) is 12.1 Å². The van der Waals surface area contributed by atoms with Gasteiger partial charge < -0.3 is 9.78 Å². The van der Waals surface area contributed by atoms with Gasteiger partial charge in [0.05, 0.1) is 0 Å². The molecule has 1 rings (SSSR count). The van der Waals surface area contributed by atoms with Crippen molar-refractivity contribution in [3.63, 3.8) is 0 Å². The molecule has 0 atom stereocenters. The van der Waals surface area contributed by atoms with Crippen LogP contribution in [0, 0.1) is 0 Å². The van der Waals surface area contributed by atoms with E-state index in [1.807, 2.05) is 31.5 Å². The summed E-state index contributed by atoms with van der Waals surface area (Å²) in [6, 6.07) is 3.89. The van der Waals surface area contributed by atoms with E-state index in [0.717, 1.165) is 6.29 Å². The quantitative estimate of drug-likeness (QED) is 0.568. The minimum atomic E-state index is 0.639. The first-order valence-corrected chi connectivity index (χ1v) is 2.93. The fourth-order valence-electron chi connectivity index (χ4n) is 0.278. The predicted octanol–water partition coefficient (Wildman–Crippen LogP) is 1.61. The first-order chi connectivity index (χ1) is 4.41. The highest BCUT2D eigenvalue weighted by molar-refractivity contribution is 5.48. The summed E-state index contributed by atoms with van der Waals surface area (Å²) in [7, 11) is 0. The lowest BCUT2D eigenvalue weighted by Crippen LogP contribution is -1.55. The van der Waals surface area contributed by atoms with Crippen molar-refractivity contribution in [2.75, 3.05) is 0 Å². The average molecular weight is 125 g/mol. The van der Waals surface area contributed by atoms with E-state index in [9.17, 15) is 4.79 Å². The second kappa shape index (κ2) is 6.95. The van der Waals surface area contributed by atoms with E-state index in [0.29, 0.717) is 6.42 Å². The summed E-state index contributed by atoms with van der Waals surface area (Å²) in [5, 5.41) is 0. The van der Waals surface area contributed by atoms with E-state index in [1.165, 1.54) is 0 Å². The predicted molar refractivity (Wildman–Crippen MR) is 37.1 cm³/mol. The molecule has 0 aliphatic heterocycles. The third-order valence-electron chi connectivity index (χ3n) is 0.663. The molecular weight excluding hydrogens is 114 g/mol. The molecular formula is C7H11NO. The lowest BCUT2D eigenvalue weighted by molar-refractivity contribution is -0.107. The minimum Gasteiger partial charge on any atom is -0.368 e. The Morgan fingerprint density at radius 2 is 1.89 bits per heavy atom. The van der Waals surface area contributed by atoms with Gasteiger partial charge in [0.2, 0.25) is 0 Å². The Labute approximate surface area is 54.9 Å². The van der Waals surface area contributed by atoms with Crippen molar-refractivity contribution < 1.29 is 4.79 Å². The molecule has 2 heteroatoms. The molecule has 0 saturated heterocycles. The van der Waals surface area contributed by atoms with Crippen LogP contribution >= 0.6 is 0 Å². The van der Waals surface area contributed by atoms with Gasteiger partial charge in [0.25, 0.3) is 0 Å². The first kappa shape index (κ1) is 7.95. The molecule has 0 radical (unpaired) electrons. The van der Waals surface area contributed by atoms with Crippen LogP contribution in [-0.2, 0) is 4.79 Å². The molecule has 9 heavy (non-hydrogen) atoms. The van der Waals surface area contributed by atoms with E-state index < -0.39 is 0 Å². The van der Waals surface area contributed by atoms with Gasteiger partial charge in [0.1, 0.15) is 6.29 Å². The maximum absolute atomic E-state index is 9.17. The molecule has 0 bridgehead atoms.